The lowest BCUT2D eigenvalue weighted by Crippen LogP contribution is -2.41. The van der Waals surface area contributed by atoms with E-state index in [-0.39, 0.29) is 17.9 Å². The zero-order chi connectivity index (χ0) is 22.1. The predicted octanol–water partition coefficient (Wildman–Crippen LogP) is 3.43. The van der Waals surface area contributed by atoms with Gasteiger partial charge >= 0.3 is 0 Å². The smallest absolute Gasteiger partial charge is 0.295 e. The number of ether oxygens (including phenoxy) is 1. The van der Waals surface area contributed by atoms with E-state index in [2.05, 4.69) is 0 Å². The first-order valence-electron chi connectivity index (χ1n) is 9.98. The van der Waals surface area contributed by atoms with Crippen LogP contribution in [0.1, 0.15) is 11.1 Å². The van der Waals surface area contributed by atoms with Crippen molar-refractivity contribution in [2.45, 2.75) is 6.04 Å². The van der Waals surface area contributed by atoms with Gasteiger partial charge in [-0.15, -0.1) is 0 Å². The molecule has 0 saturated carbocycles. The summed E-state index contributed by atoms with van der Waals surface area (Å²) in [6, 6.07) is 13.4. The van der Waals surface area contributed by atoms with Crippen LogP contribution in [0.3, 0.4) is 0 Å². The maximum atomic E-state index is 13.0. The lowest BCUT2D eigenvalue weighted by atomic mass is 9.93. The molecule has 1 N–H and O–H groups in total. The van der Waals surface area contributed by atoms with E-state index < -0.39 is 17.7 Å². The highest BCUT2D eigenvalue weighted by molar-refractivity contribution is 6.47. The van der Waals surface area contributed by atoms with Gasteiger partial charge in [0.05, 0.1) is 11.6 Å². The average molecular weight is 439 g/mol. The minimum absolute atomic E-state index is 0.0697. The lowest BCUT2D eigenvalue weighted by molar-refractivity contribution is -0.139. The van der Waals surface area contributed by atoms with E-state index in [0.717, 1.165) is 16.9 Å². The van der Waals surface area contributed by atoms with Crippen molar-refractivity contribution in [1.82, 2.24) is 9.80 Å². The lowest BCUT2D eigenvalue weighted by Gasteiger charge is -2.30. The molecule has 0 radical (unpaired) electrons. The van der Waals surface area contributed by atoms with Crippen LogP contribution in [0, 0.1) is 0 Å². The van der Waals surface area contributed by atoms with E-state index in [1.165, 1.54) is 4.90 Å². The molecule has 0 bridgehead atoms. The molecular weight excluding hydrogens is 416 g/mol. The molecule has 0 unspecified atom stereocenters. The summed E-state index contributed by atoms with van der Waals surface area (Å²) < 4.78 is 5.89. The molecule has 1 saturated heterocycles. The number of fused-ring (bicyclic) bond motifs is 1. The van der Waals surface area contributed by atoms with Gasteiger partial charge in [0.25, 0.3) is 11.7 Å². The third-order valence-electron chi connectivity index (χ3n) is 5.45. The zero-order valence-electron chi connectivity index (χ0n) is 17.3. The second-order valence-corrected chi connectivity index (χ2v) is 8.28. The van der Waals surface area contributed by atoms with Crippen molar-refractivity contribution in [3.8, 4) is 5.75 Å². The number of likely N-dealkylation sites (N-methyl/N-ethyl adjacent to an activating group) is 1. The van der Waals surface area contributed by atoms with Crippen LogP contribution >= 0.6 is 11.6 Å². The number of ketones is 1. The van der Waals surface area contributed by atoms with Gasteiger partial charge in [0.1, 0.15) is 18.1 Å². The minimum Gasteiger partial charge on any atom is -0.507 e. The van der Waals surface area contributed by atoms with Gasteiger partial charge in [0, 0.05) is 29.2 Å². The summed E-state index contributed by atoms with van der Waals surface area (Å²) in [7, 11) is 3.80. The third-order valence-corrected chi connectivity index (χ3v) is 5.70. The van der Waals surface area contributed by atoms with Crippen LogP contribution in [0.5, 0.6) is 5.75 Å². The molecule has 2 aliphatic heterocycles. The van der Waals surface area contributed by atoms with Crippen LogP contribution < -0.4 is 4.74 Å². The number of hydrogen-bond donors (Lipinski definition) is 1. The molecule has 0 aliphatic carbocycles. The van der Waals surface area contributed by atoms with Gasteiger partial charge < -0.3 is 19.6 Å². The van der Waals surface area contributed by atoms with Crippen molar-refractivity contribution >= 4 is 35.1 Å². The van der Waals surface area contributed by atoms with E-state index >= 15 is 0 Å². The van der Waals surface area contributed by atoms with E-state index in [1.807, 2.05) is 49.3 Å². The quantitative estimate of drug-likeness (QED) is 0.440. The number of carbonyl (C=O) groups is 2. The van der Waals surface area contributed by atoms with Crippen molar-refractivity contribution in [1.29, 1.82) is 0 Å². The van der Waals surface area contributed by atoms with Gasteiger partial charge in [0.2, 0.25) is 0 Å². The van der Waals surface area contributed by atoms with Crippen LogP contribution in [0.4, 0.5) is 0 Å². The Labute approximate surface area is 186 Å². The summed E-state index contributed by atoms with van der Waals surface area (Å²) in [6.45, 7) is 1.14. The number of hydrogen-bond acceptors (Lipinski definition) is 5. The van der Waals surface area contributed by atoms with E-state index in [0.29, 0.717) is 23.7 Å². The molecule has 2 heterocycles. The number of carbonyl (C=O) groups excluding carboxylic acids is 2. The molecule has 1 fully saturated rings. The molecule has 0 aromatic heterocycles. The summed E-state index contributed by atoms with van der Waals surface area (Å²) in [4.78, 5) is 29.4. The number of benzene rings is 2. The zero-order valence-corrected chi connectivity index (χ0v) is 18.1. The first kappa shape index (κ1) is 21.2. The molecule has 1 atom stereocenters. The number of likely N-dealkylation sites (tertiary alicyclic amines) is 1. The number of aliphatic hydroxyl groups excluding tert-OH is 1. The van der Waals surface area contributed by atoms with E-state index in [1.54, 1.807) is 24.3 Å². The van der Waals surface area contributed by atoms with Crippen molar-refractivity contribution in [3.63, 3.8) is 0 Å². The molecule has 0 spiro atoms. The number of rotatable bonds is 5. The molecule has 2 aromatic rings. The van der Waals surface area contributed by atoms with Crippen LogP contribution in [0.2, 0.25) is 5.02 Å². The van der Waals surface area contributed by atoms with E-state index in [4.69, 9.17) is 16.3 Å². The number of aliphatic hydroxyl groups is 1. The fraction of sp³-hybridized carbons (Fsp3) is 0.250. The molecule has 4 rings (SSSR count). The second-order valence-electron chi connectivity index (χ2n) is 7.85. The van der Waals surface area contributed by atoms with Gasteiger partial charge in [-0.3, -0.25) is 9.59 Å². The molecule has 160 valence electrons. The van der Waals surface area contributed by atoms with Gasteiger partial charge in [-0.25, -0.2) is 0 Å². The fourth-order valence-electron chi connectivity index (χ4n) is 3.86. The Hall–Kier alpha value is -3.09. The van der Waals surface area contributed by atoms with Gasteiger partial charge in [-0.05, 0) is 56.1 Å². The number of halogens is 1. The van der Waals surface area contributed by atoms with Crippen LogP contribution in [-0.4, -0.2) is 66.4 Å². The molecule has 1 amide bonds. The Bertz CT molecular complexity index is 1090. The monoisotopic (exact) mass is 438 g/mol. The Kier molecular flexibility index (Phi) is 5.85. The highest BCUT2D eigenvalue weighted by atomic mass is 35.5. The van der Waals surface area contributed by atoms with Crippen molar-refractivity contribution < 1.29 is 19.4 Å². The normalized spacial score (nSPS) is 19.9. The van der Waals surface area contributed by atoms with Crippen LogP contribution in [-0.2, 0) is 9.59 Å². The summed E-state index contributed by atoms with van der Waals surface area (Å²) in [5.74, 6) is -0.792. The standard InChI is InChI=1S/C24H23ClN2O4/c1-26(2)11-12-27-21(17-13-16-5-3-4-6-19(16)31-14-17)20(23(29)24(27)30)22(28)15-7-9-18(25)10-8-15/h3-10,13,21,28H,11-12,14H2,1-2H3/t21-/m1/s1. The second kappa shape index (κ2) is 8.57. The van der Waals surface area contributed by atoms with Crippen molar-refractivity contribution in [2.75, 3.05) is 33.8 Å². The maximum Gasteiger partial charge on any atom is 0.295 e. The molecular formula is C24H23ClN2O4. The highest BCUT2D eigenvalue weighted by Gasteiger charge is 2.47. The van der Waals surface area contributed by atoms with Gasteiger partial charge in [-0.1, -0.05) is 29.8 Å². The molecule has 2 aliphatic rings. The topological polar surface area (TPSA) is 70.1 Å². The van der Waals surface area contributed by atoms with Gasteiger partial charge in [-0.2, -0.15) is 0 Å². The largest absolute Gasteiger partial charge is 0.507 e. The number of nitrogens with zero attached hydrogens (tertiary/aromatic N) is 2. The Morgan fingerprint density at radius 3 is 2.58 bits per heavy atom. The molecule has 7 heteroatoms. The number of para-hydroxylation sites is 1. The highest BCUT2D eigenvalue weighted by Crippen LogP contribution is 2.37. The predicted molar refractivity (Wildman–Crippen MR) is 120 cm³/mol. The first-order chi connectivity index (χ1) is 14.9. The SMILES string of the molecule is CN(C)CCN1C(=O)C(=O)C(=C(O)c2ccc(Cl)cc2)[C@H]1C1=Cc2ccccc2OC1. The molecule has 2 aromatic carbocycles. The molecule has 6 nitrogen and oxygen atoms in total. The first-order valence-corrected chi connectivity index (χ1v) is 10.4. The maximum absolute atomic E-state index is 13.0. The summed E-state index contributed by atoms with van der Waals surface area (Å²) in [6.07, 6.45) is 1.94. The van der Waals surface area contributed by atoms with E-state index in [9.17, 15) is 14.7 Å². The van der Waals surface area contributed by atoms with Crippen LogP contribution in [0.25, 0.3) is 11.8 Å². The Morgan fingerprint density at radius 1 is 1.16 bits per heavy atom. The van der Waals surface area contributed by atoms with Crippen molar-refractivity contribution in [3.05, 3.63) is 75.8 Å². The van der Waals surface area contributed by atoms with Crippen molar-refractivity contribution in [2.24, 2.45) is 0 Å². The summed E-state index contributed by atoms with van der Waals surface area (Å²) in [5.41, 5.74) is 2.11. The van der Waals surface area contributed by atoms with Crippen LogP contribution in [0.15, 0.2) is 59.7 Å². The van der Waals surface area contributed by atoms with Gasteiger partial charge in [0.15, 0.2) is 0 Å². The minimum atomic E-state index is -0.705. The Morgan fingerprint density at radius 2 is 1.87 bits per heavy atom. The summed E-state index contributed by atoms with van der Waals surface area (Å²) in [5, 5.41) is 11.6. The molecule has 31 heavy (non-hydrogen) atoms. The third kappa shape index (κ3) is 4.09. The number of amides is 1. The number of Topliss-reactive ketones (excluding diaryl/α,β-unsaturated/α-hetero) is 1. The summed E-state index contributed by atoms with van der Waals surface area (Å²) >= 11 is 5.96. The fourth-order valence-corrected chi connectivity index (χ4v) is 3.98. The average Bonchev–Trinajstić information content (AvgIpc) is 3.02. The Balaban J connectivity index is 1.83.